The first-order chi connectivity index (χ1) is 8.60. The van der Waals surface area contributed by atoms with Crippen LogP contribution in [-0.2, 0) is 22.6 Å². The normalized spacial score (nSPS) is 14.2. The Morgan fingerprint density at radius 2 is 2.33 bits per heavy atom. The average molecular weight is 288 g/mol. The molecule has 2 amide bonds. The van der Waals surface area contributed by atoms with E-state index in [1.807, 2.05) is 0 Å². The van der Waals surface area contributed by atoms with E-state index in [1.165, 1.54) is 18.3 Å². The maximum Gasteiger partial charge on any atom is 0.224 e. The molecule has 7 heteroatoms. The van der Waals surface area contributed by atoms with Crippen molar-refractivity contribution in [3.8, 4) is 0 Å². The Morgan fingerprint density at radius 3 is 3.00 bits per heavy atom. The fourth-order valence-electron chi connectivity index (χ4n) is 1.85. The summed E-state index contributed by atoms with van der Waals surface area (Å²) in [7, 11) is 0. The van der Waals surface area contributed by atoms with Crippen LogP contribution in [0.5, 0.6) is 0 Å². The van der Waals surface area contributed by atoms with E-state index in [4.69, 9.17) is 11.6 Å². The molecule has 0 saturated heterocycles. The topological polar surface area (TPSA) is 62.3 Å². The third kappa shape index (κ3) is 3.00. The summed E-state index contributed by atoms with van der Waals surface area (Å²) >= 11 is 7.01. The smallest absolute Gasteiger partial charge is 0.224 e. The summed E-state index contributed by atoms with van der Waals surface area (Å²) in [5, 5.41) is 3.29. The van der Waals surface area contributed by atoms with E-state index in [9.17, 15) is 9.59 Å². The molecule has 0 atom stereocenters. The van der Waals surface area contributed by atoms with Crippen LogP contribution in [0.1, 0.15) is 23.9 Å². The molecule has 1 aliphatic heterocycles. The first-order valence-electron chi connectivity index (χ1n) is 5.70. The maximum atomic E-state index is 11.7. The molecule has 1 aliphatic rings. The molecule has 2 heterocycles. The van der Waals surface area contributed by atoms with E-state index in [0.29, 0.717) is 30.5 Å². The predicted molar refractivity (Wildman–Crippen MR) is 70.9 cm³/mol. The highest BCUT2D eigenvalue weighted by Gasteiger charge is 2.23. The summed E-state index contributed by atoms with van der Waals surface area (Å²) in [6, 6.07) is 0. The molecule has 1 aromatic rings. The van der Waals surface area contributed by atoms with Gasteiger partial charge in [0, 0.05) is 37.1 Å². The van der Waals surface area contributed by atoms with Crippen LogP contribution in [0.25, 0.3) is 0 Å². The van der Waals surface area contributed by atoms with Crippen molar-refractivity contribution in [1.82, 2.24) is 9.88 Å². The molecule has 0 bridgehead atoms. The van der Waals surface area contributed by atoms with Gasteiger partial charge in [0.2, 0.25) is 11.8 Å². The molecule has 0 fully saturated rings. The van der Waals surface area contributed by atoms with Crippen molar-refractivity contribution in [1.29, 1.82) is 0 Å². The summed E-state index contributed by atoms with van der Waals surface area (Å²) < 4.78 is 0. The van der Waals surface area contributed by atoms with Gasteiger partial charge in [0.15, 0.2) is 5.13 Å². The number of thiazole rings is 1. The molecule has 0 spiro atoms. The van der Waals surface area contributed by atoms with E-state index >= 15 is 0 Å². The second-order valence-electron chi connectivity index (χ2n) is 4.07. The van der Waals surface area contributed by atoms with Gasteiger partial charge in [-0.1, -0.05) is 11.3 Å². The number of nitrogens with zero attached hydrogens (tertiary/aromatic N) is 2. The molecule has 0 saturated carbocycles. The molecular weight excluding hydrogens is 274 g/mol. The van der Waals surface area contributed by atoms with Crippen LogP contribution in [0.2, 0.25) is 0 Å². The van der Waals surface area contributed by atoms with E-state index < -0.39 is 0 Å². The Labute approximate surface area is 114 Å². The van der Waals surface area contributed by atoms with Gasteiger partial charge in [-0.15, -0.1) is 11.6 Å². The summed E-state index contributed by atoms with van der Waals surface area (Å²) in [5.41, 5.74) is 0.985. The lowest BCUT2D eigenvalue weighted by Crippen LogP contribution is -2.35. The SMILES string of the molecule is CC(=O)Nc1nc2c(s1)CN(C(=O)CCCl)CC2. The maximum absolute atomic E-state index is 11.7. The molecule has 18 heavy (non-hydrogen) atoms. The van der Waals surface area contributed by atoms with Crippen molar-refractivity contribution in [3.63, 3.8) is 0 Å². The van der Waals surface area contributed by atoms with Crippen LogP contribution in [0, 0.1) is 0 Å². The van der Waals surface area contributed by atoms with Gasteiger partial charge in [-0.25, -0.2) is 4.98 Å². The predicted octanol–water partition coefficient (Wildman–Crippen LogP) is 1.62. The molecule has 0 aliphatic carbocycles. The number of aromatic nitrogens is 1. The highest BCUT2D eigenvalue weighted by atomic mass is 35.5. The van der Waals surface area contributed by atoms with Crippen LogP contribution in [0.3, 0.4) is 0 Å². The number of carbonyl (C=O) groups excluding carboxylic acids is 2. The summed E-state index contributed by atoms with van der Waals surface area (Å²) in [6.45, 7) is 2.70. The molecule has 98 valence electrons. The minimum Gasteiger partial charge on any atom is -0.337 e. The lowest BCUT2D eigenvalue weighted by atomic mass is 10.1. The number of halogens is 1. The van der Waals surface area contributed by atoms with E-state index in [-0.39, 0.29) is 11.8 Å². The van der Waals surface area contributed by atoms with Crippen molar-refractivity contribution >= 4 is 39.9 Å². The minimum atomic E-state index is -0.129. The molecule has 1 N–H and O–H groups in total. The zero-order chi connectivity index (χ0) is 13.1. The number of nitrogens with one attached hydrogen (secondary N) is 1. The van der Waals surface area contributed by atoms with Crippen LogP contribution in [0.4, 0.5) is 5.13 Å². The van der Waals surface area contributed by atoms with Crippen LogP contribution < -0.4 is 5.32 Å². The largest absolute Gasteiger partial charge is 0.337 e. The number of hydrogen-bond donors (Lipinski definition) is 1. The summed E-state index contributed by atoms with van der Waals surface area (Å²) in [5.74, 6) is 0.295. The lowest BCUT2D eigenvalue weighted by Gasteiger charge is -2.25. The van der Waals surface area contributed by atoms with Crippen LogP contribution in [-0.4, -0.2) is 34.1 Å². The van der Waals surface area contributed by atoms with E-state index in [2.05, 4.69) is 10.3 Å². The Hall–Kier alpha value is -1.14. The third-order valence-corrected chi connectivity index (χ3v) is 3.86. The fraction of sp³-hybridized carbons (Fsp3) is 0.545. The Morgan fingerprint density at radius 1 is 1.56 bits per heavy atom. The first kappa shape index (κ1) is 13.3. The van der Waals surface area contributed by atoms with Gasteiger partial charge in [-0.05, 0) is 0 Å². The first-order valence-corrected chi connectivity index (χ1v) is 7.05. The Balaban J connectivity index is 2.07. The van der Waals surface area contributed by atoms with Crippen molar-refractivity contribution < 1.29 is 9.59 Å². The summed E-state index contributed by atoms with van der Waals surface area (Å²) in [4.78, 5) is 29.9. The number of hydrogen-bond acceptors (Lipinski definition) is 4. The third-order valence-electron chi connectivity index (χ3n) is 2.68. The quantitative estimate of drug-likeness (QED) is 0.859. The van der Waals surface area contributed by atoms with Crippen LogP contribution in [0.15, 0.2) is 0 Å². The second-order valence-corrected chi connectivity index (χ2v) is 5.54. The van der Waals surface area contributed by atoms with Gasteiger partial charge >= 0.3 is 0 Å². The zero-order valence-corrected chi connectivity index (χ0v) is 11.6. The number of amides is 2. The average Bonchev–Trinajstić information content (AvgIpc) is 2.69. The van der Waals surface area contributed by atoms with Gasteiger partial charge in [0.05, 0.1) is 12.2 Å². The number of carbonyl (C=O) groups is 2. The molecule has 2 rings (SSSR count). The van der Waals surface area contributed by atoms with Gasteiger partial charge in [-0.2, -0.15) is 0 Å². The standard InChI is InChI=1S/C11H14ClN3O2S/c1-7(16)13-11-14-8-3-5-15(6-9(8)18-11)10(17)2-4-12/h2-6H2,1H3,(H,13,14,16). The number of rotatable bonds is 3. The van der Waals surface area contributed by atoms with Gasteiger partial charge in [0.1, 0.15) is 0 Å². The van der Waals surface area contributed by atoms with Crippen molar-refractivity contribution in [2.75, 3.05) is 17.7 Å². The van der Waals surface area contributed by atoms with Gasteiger partial charge < -0.3 is 10.2 Å². The monoisotopic (exact) mass is 287 g/mol. The second kappa shape index (κ2) is 5.67. The van der Waals surface area contributed by atoms with E-state index in [1.54, 1.807) is 4.90 Å². The zero-order valence-electron chi connectivity index (χ0n) is 10.0. The van der Waals surface area contributed by atoms with Crippen LogP contribution >= 0.6 is 22.9 Å². The van der Waals surface area contributed by atoms with Gasteiger partial charge in [0.25, 0.3) is 0 Å². The van der Waals surface area contributed by atoms with Gasteiger partial charge in [-0.3, -0.25) is 9.59 Å². The fourth-order valence-corrected chi connectivity index (χ4v) is 3.08. The van der Waals surface area contributed by atoms with Crippen molar-refractivity contribution in [2.24, 2.45) is 0 Å². The minimum absolute atomic E-state index is 0.0742. The number of fused-ring (bicyclic) bond motifs is 1. The Bertz CT molecular complexity index is 475. The Kier molecular flexibility index (Phi) is 4.19. The number of anilines is 1. The summed E-state index contributed by atoms with van der Waals surface area (Å²) in [6.07, 6.45) is 1.10. The molecule has 0 unspecified atom stereocenters. The molecule has 0 radical (unpaired) electrons. The van der Waals surface area contributed by atoms with E-state index in [0.717, 1.165) is 17.0 Å². The lowest BCUT2D eigenvalue weighted by molar-refractivity contribution is -0.131. The molecular formula is C11H14ClN3O2S. The van der Waals surface area contributed by atoms with Crippen molar-refractivity contribution in [3.05, 3.63) is 10.6 Å². The molecule has 1 aromatic heterocycles. The van der Waals surface area contributed by atoms with Crippen molar-refractivity contribution in [2.45, 2.75) is 26.3 Å². The molecule has 0 aromatic carbocycles. The highest BCUT2D eigenvalue weighted by molar-refractivity contribution is 7.15. The molecule has 5 nitrogen and oxygen atoms in total. The highest BCUT2D eigenvalue weighted by Crippen LogP contribution is 2.28. The number of alkyl halides is 1.